The molecule has 2 unspecified atom stereocenters. The van der Waals surface area contributed by atoms with Gasteiger partial charge in [-0.1, -0.05) is 30.3 Å². The van der Waals surface area contributed by atoms with Crippen LogP contribution in [-0.4, -0.2) is 37.3 Å². The number of hydrogen-bond acceptors (Lipinski definition) is 4. The van der Waals surface area contributed by atoms with Crippen molar-refractivity contribution in [1.29, 1.82) is 0 Å². The number of hydrogen-bond donors (Lipinski definition) is 1. The maximum Gasteiger partial charge on any atom is 0.119 e. The van der Waals surface area contributed by atoms with Crippen molar-refractivity contribution in [2.75, 3.05) is 27.2 Å². The van der Waals surface area contributed by atoms with Crippen molar-refractivity contribution in [3.63, 3.8) is 0 Å². The normalized spacial score (nSPS) is 13.8. The first-order chi connectivity index (χ1) is 11.1. The molecule has 0 fully saturated rings. The van der Waals surface area contributed by atoms with Crippen molar-refractivity contribution >= 4 is 21.7 Å². The van der Waals surface area contributed by atoms with E-state index in [4.69, 9.17) is 15.4 Å². The summed E-state index contributed by atoms with van der Waals surface area (Å²) in [6.45, 7) is 1.19. The highest BCUT2D eigenvalue weighted by molar-refractivity contribution is 8.21. The fourth-order valence-electron chi connectivity index (χ4n) is 2.43. The summed E-state index contributed by atoms with van der Waals surface area (Å²) in [5, 5.41) is 10.7. The Labute approximate surface area is 146 Å². The third-order valence-corrected chi connectivity index (χ3v) is 4.55. The van der Waals surface area contributed by atoms with E-state index >= 15 is 0 Å². The van der Waals surface area contributed by atoms with Gasteiger partial charge < -0.3 is 14.7 Å². The van der Waals surface area contributed by atoms with E-state index in [2.05, 4.69) is 4.90 Å². The zero-order valence-electron chi connectivity index (χ0n) is 13.4. The largest absolute Gasteiger partial charge is 0.493 e. The molecule has 23 heavy (non-hydrogen) atoms. The molecule has 0 aliphatic heterocycles. The van der Waals surface area contributed by atoms with Crippen molar-refractivity contribution in [2.45, 2.75) is 11.0 Å². The van der Waals surface area contributed by atoms with Crippen LogP contribution in [0.4, 0.5) is 0 Å². The van der Waals surface area contributed by atoms with Crippen LogP contribution < -0.4 is 4.74 Å². The number of aliphatic hydroxyl groups is 1. The molecule has 0 spiro atoms. The Balaban J connectivity index is 2.02. The lowest BCUT2D eigenvalue weighted by atomic mass is 9.96. The summed E-state index contributed by atoms with van der Waals surface area (Å²) >= 11 is 0. The maximum atomic E-state index is 10.7. The van der Waals surface area contributed by atoms with Gasteiger partial charge in [0.25, 0.3) is 0 Å². The molecule has 3 nitrogen and oxygen atoms in total. The highest BCUT2D eigenvalue weighted by atomic mass is 35.7. The van der Waals surface area contributed by atoms with Gasteiger partial charge in [-0.15, -0.1) is 0 Å². The zero-order valence-corrected chi connectivity index (χ0v) is 14.9. The van der Waals surface area contributed by atoms with Gasteiger partial charge in [0.2, 0.25) is 0 Å². The Hall–Kier alpha value is -1.20. The van der Waals surface area contributed by atoms with Crippen molar-refractivity contribution in [2.24, 2.45) is 5.92 Å². The van der Waals surface area contributed by atoms with Crippen LogP contribution in [0.25, 0.3) is 0 Å². The first-order valence-corrected chi connectivity index (χ1v) is 9.13. The molecule has 0 bridgehead atoms. The van der Waals surface area contributed by atoms with Crippen LogP contribution in [0.2, 0.25) is 0 Å². The van der Waals surface area contributed by atoms with Gasteiger partial charge in [0, 0.05) is 17.4 Å². The molecule has 0 heterocycles. The van der Waals surface area contributed by atoms with Crippen molar-refractivity contribution < 1.29 is 9.84 Å². The van der Waals surface area contributed by atoms with E-state index in [9.17, 15) is 5.11 Å². The smallest absolute Gasteiger partial charge is 0.119 e. The number of rotatable bonds is 8. The van der Waals surface area contributed by atoms with Crippen LogP contribution in [0.5, 0.6) is 5.75 Å². The molecule has 0 aliphatic carbocycles. The van der Waals surface area contributed by atoms with E-state index in [1.54, 1.807) is 0 Å². The lowest BCUT2D eigenvalue weighted by molar-refractivity contribution is 0.0584. The molecule has 0 radical (unpaired) electrons. The number of ether oxygens (including phenoxy) is 1. The topological polar surface area (TPSA) is 32.7 Å². The highest BCUT2D eigenvalue weighted by Gasteiger charge is 2.22. The fourth-order valence-corrected chi connectivity index (χ4v) is 2.97. The average Bonchev–Trinajstić information content (AvgIpc) is 2.59. The van der Waals surface area contributed by atoms with Gasteiger partial charge in [-0.25, -0.2) is 0 Å². The predicted molar refractivity (Wildman–Crippen MR) is 97.1 cm³/mol. The Bertz CT molecular complexity index is 577. The van der Waals surface area contributed by atoms with E-state index in [0.29, 0.717) is 6.61 Å². The molecule has 0 amide bonds. The zero-order chi connectivity index (χ0) is 16.7. The lowest BCUT2D eigenvalue weighted by Crippen LogP contribution is -2.31. The van der Waals surface area contributed by atoms with Gasteiger partial charge in [0.15, 0.2) is 0 Å². The maximum absolute atomic E-state index is 10.7. The van der Waals surface area contributed by atoms with Gasteiger partial charge in [-0.2, -0.15) is 0 Å². The van der Waals surface area contributed by atoms with E-state index < -0.39 is 6.10 Å². The van der Waals surface area contributed by atoms with Crippen LogP contribution in [0.15, 0.2) is 59.5 Å². The minimum atomic E-state index is -0.559. The Morgan fingerprint density at radius 3 is 2.30 bits per heavy atom. The summed E-state index contributed by atoms with van der Waals surface area (Å²) in [5.41, 5.74) is 0.914. The molecule has 0 saturated heterocycles. The van der Waals surface area contributed by atoms with E-state index in [1.165, 1.54) is 11.0 Å². The highest BCUT2D eigenvalue weighted by Crippen LogP contribution is 2.26. The van der Waals surface area contributed by atoms with Gasteiger partial charge >= 0.3 is 0 Å². The van der Waals surface area contributed by atoms with Gasteiger partial charge in [0.1, 0.15) is 5.75 Å². The summed E-state index contributed by atoms with van der Waals surface area (Å²) in [7, 11) is 10.9. The third-order valence-electron chi connectivity index (χ3n) is 3.56. The third kappa shape index (κ3) is 5.74. The average molecular weight is 352 g/mol. The molecular weight excluding hydrogens is 330 g/mol. The summed E-state index contributed by atoms with van der Waals surface area (Å²) in [6.07, 6.45) is -0.559. The van der Waals surface area contributed by atoms with Crippen LogP contribution >= 0.6 is 21.7 Å². The van der Waals surface area contributed by atoms with Gasteiger partial charge in [-0.05, 0) is 65.6 Å². The van der Waals surface area contributed by atoms with Crippen LogP contribution in [-0.2, 0) is 0 Å². The molecule has 2 rings (SSSR count). The summed E-state index contributed by atoms with van der Waals surface area (Å²) in [4.78, 5) is 3.04. The van der Waals surface area contributed by atoms with E-state index in [-0.39, 0.29) is 5.92 Å². The molecule has 124 valence electrons. The fraction of sp³-hybridized carbons (Fsp3) is 0.333. The monoisotopic (exact) mass is 351 g/mol. The second-order valence-corrected chi connectivity index (χ2v) is 6.83. The minimum Gasteiger partial charge on any atom is -0.493 e. The number of nitrogens with zero attached hydrogens (tertiary/aromatic N) is 1. The Kier molecular flexibility index (Phi) is 7.24. The summed E-state index contributed by atoms with van der Waals surface area (Å²) < 4.78 is 5.87. The number of aliphatic hydroxyl groups excluding tert-OH is 1. The van der Waals surface area contributed by atoms with Gasteiger partial charge in [-0.3, -0.25) is 0 Å². The van der Waals surface area contributed by atoms with E-state index in [0.717, 1.165) is 22.8 Å². The van der Waals surface area contributed by atoms with Crippen LogP contribution in [0, 0.1) is 5.92 Å². The molecule has 0 aromatic heterocycles. The second kappa shape index (κ2) is 9.18. The number of benzene rings is 2. The molecule has 5 heteroatoms. The first kappa shape index (κ1) is 18.1. The molecular formula is C18H22ClNO2S. The number of halogens is 1. The van der Waals surface area contributed by atoms with E-state index in [1.807, 2.05) is 68.7 Å². The van der Waals surface area contributed by atoms with Crippen LogP contribution in [0.3, 0.4) is 0 Å². The van der Waals surface area contributed by atoms with Crippen LogP contribution in [0.1, 0.15) is 11.7 Å². The molecule has 0 saturated carbocycles. The van der Waals surface area contributed by atoms with Crippen molar-refractivity contribution in [3.8, 4) is 5.75 Å². The van der Waals surface area contributed by atoms with Gasteiger partial charge in [0.05, 0.1) is 12.7 Å². The standard InChI is InChI=1S/C18H22ClNO2S/c1-20(2)12-15(18(21)14-6-4-3-5-7-14)13-22-16-8-10-17(23-19)11-9-16/h3-11,15,18,21H,12-13H2,1-2H3. The lowest BCUT2D eigenvalue weighted by Gasteiger charge is -2.26. The quantitative estimate of drug-likeness (QED) is 0.771. The van der Waals surface area contributed by atoms with Crippen molar-refractivity contribution in [1.82, 2.24) is 4.90 Å². The molecule has 2 aromatic rings. The second-order valence-electron chi connectivity index (χ2n) is 5.74. The first-order valence-electron chi connectivity index (χ1n) is 7.49. The summed E-state index contributed by atoms with van der Waals surface area (Å²) in [5.74, 6) is 0.762. The Morgan fingerprint density at radius 2 is 1.74 bits per heavy atom. The molecule has 1 N–H and O–H groups in total. The molecule has 2 aromatic carbocycles. The van der Waals surface area contributed by atoms with Crippen molar-refractivity contribution in [3.05, 3.63) is 60.2 Å². The SMILES string of the molecule is CN(C)CC(COc1ccc(SCl)cc1)C(O)c1ccccc1. The molecule has 0 aliphatic rings. The minimum absolute atomic E-state index is 0.0190. The summed E-state index contributed by atoms with van der Waals surface area (Å²) in [6, 6.07) is 17.3. The predicted octanol–water partition coefficient (Wildman–Crippen LogP) is 4.22. The molecule has 2 atom stereocenters. The Morgan fingerprint density at radius 1 is 1.09 bits per heavy atom.